The van der Waals surface area contributed by atoms with Gasteiger partial charge < -0.3 is 9.13 Å². The molecule has 0 N–H and O–H groups in total. The molecule has 0 radical (unpaired) electrons. The first-order chi connectivity index (χ1) is 22.7. The molecular formula is C40H20N6. The molecule has 0 spiro atoms. The zero-order valence-corrected chi connectivity index (χ0v) is 24.2. The van der Waals surface area contributed by atoms with Crippen molar-refractivity contribution < 1.29 is 0 Å². The third kappa shape index (κ3) is 3.73. The molecule has 0 amide bonds. The van der Waals surface area contributed by atoms with E-state index in [2.05, 4.69) is 81.9 Å². The van der Waals surface area contributed by atoms with Crippen molar-refractivity contribution in [2.75, 3.05) is 0 Å². The topological polar surface area (TPSA) is 105 Å². The van der Waals surface area contributed by atoms with Gasteiger partial charge in [0, 0.05) is 21.5 Å². The second kappa shape index (κ2) is 10.3. The number of nitriles is 4. The van der Waals surface area contributed by atoms with E-state index in [1.54, 1.807) is 12.1 Å². The number of benzene rings is 6. The van der Waals surface area contributed by atoms with Crippen molar-refractivity contribution in [3.63, 3.8) is 0 Å². The van der Waals surface area contributed by atoms with Crippen LogP contribution in [0.3, 0.4) is 0 Å². The van der Waals surface area contributed by atoms with Gasteiger partial charge in [0.2, 0.25) is 0 Å². The summed E-state index contributed by atoms with van der Waals surface area (Å²) in [5.41, 5.74) is 8.57. The molecule has 0 saturated carbocycles. The zero-order chi connectivity index (χ0) is 31.4. The Kier molecular flexibility index (Phi) is 5.91. The highest BCUT2D eigenvalue weighted by Crippen LogP contribution is 2.39. The van der Waals surface area contributed by atoms with E-state index in [0.717, 1.165) is 54.7 Å². The lowest BCUT2D eigenvalue weighted by Crippen LogP contribution is -1.99. The smallest absolute Gasteiger partial charge is 0.103 e. The van der Waals surface area contributed by atoms with Gasteiger partial charge in [0.1, 0.15) is 24.3 Å². The molecule has 6 aromatic carbocycles. The highest BCUT2D eigenvalue weighted by molar-refractivity contribution is 6.13. The third-order valence-corrected chi connectivity index (χ3v) is 8.71. The second-order valence-corrected chi connectivity index (χ2v) is 11.0. The summed E-state index contributed by atoms with van der Waals surface area (Å²) in [6.07, 6.45) is 0. The number of aromatic nitrogens is 2. The molecule has 2 aromatic heterocycles. The van der Waals surface area contributed by atoms with Crippen molar-refractivity contribution in [1.82, 2.24) is 9.13 Å². The van der Waals surface area contributed by atoms with Gasteiger partial charge in [0.25, 0.3) is 0 Å². The lowest BCUT2D eigenvalue weighted by Gasteiger charge is -2.11. The van der Waals surface area contributed by atoms with Crippen LogP contribution in [0.4, 0.5) is 0 Å². The van der Waals surface area contributed by atoms with Crippen LogP contribution in [0.15, 0.2) is 121 Å². The summed E-state index contributed by atoms with van der Waals surface area (Å²) in [6, 6.07) is 48.4. The van der Waals surface area contributed by atoms with E-state index in [0.29, 0.717) is 33.6 Å². The summed E-state index contributed by atoms with van der Waals surface area (Å²) < 4.78 is 4.12. The van der Waals surface area contributed by atoms with E-state index in [9.17, 15) is 21.0 Å². The molecule has 0 atom stereocenters. The van der Waals surface area contributed by atoms with Crippen molar-refractivity contribution in [1.29, 1.82) is 21.0 Å². The number of hydrogen-bond acceptors (Lipinski definition) is 4. The first-order valence-electron chi connectivity index (χ1n) is 14.6. The predicted octanol–water partition coefficient (Wildman–Crippen LogP) is 9.03. The van der Waals surface area contributed by atoms with E-state index in [1.165, 1.54) is 0 Å². The van der Waals surface area contributed by atoms with E-state index in [1.807, 2.05) is 60.7 Å². The van der Waals surface area contributed by atoms with Crippen molar-refractivity contribution in [2.45, 2.75) is 0 Å². The molecule has 0 bridgehead atoms. The van der Waals surface area contributed by atoms with E-state index < -0.39 is 0 Å². The first kappa shape index (κ1) is 26.5. The Labute approximate surface area is 263 Å². The van der Waals surface area contributed by atoms with Crippen LogP contribution in [0.2, 0.25) is 0 Å². The van der Waals surface area contributed by atoms with Crippen LogP contribution in [0, 0.1) is 45.3 Å². The average Bonchev–Trinajstić information content (AvgIpc) is 3.62. The molecule has 210 valence electrons. The maximum atomic E-state index is 10.0. The Morgan fingerprint density at radius 1 is 0.370 bits per heavy atom. The summed E-state index contributed by atoms with van der Waals surface area (Å²) in [7, 11) is 0. The van der Waals surface area contributed by atoms with Crippen LogP contribution in [0.5, 0.6) is 0 Å². The highest BCUT2D eigenvalue weighted by Gasteiger charge is 2.19. The van der Waals surface area contributed by atoms with Crippen LogP contribution >= 0.6 is 0 Å². The molecule has 0 aliphatic carbocycles. The Morgan fingerprint density at radius 2 is 0.783 bits per heavy atom. The minimum absolute atomic E-state index is 0.344. The number of rotatable bonds is 3. The Hall–Kier alpha value is -7.12. The van der Waals surface area contributed by atoms with Crippen LogP contribution in [0.25, 0.3) is 66.1 Å². The highest BCUT2D eigenvalue weighted by atomic mass is 15.0. The molecule has 46 heavy (non-hydrogen) atoms. The van der Waals surface area contributed by atoms with E-state index in [4.69, 9.17) is 0 Å². The summed E-state index contributed by atoms with van der Waals surface area (Å²) in [5.74, 6) is 0. The SMILES string of the molecule is N#Cc1cccc(-n2c3ccccc3c3cc(-c4ccc5c(c4)c4ccccc4n5-c4cccc(C#N)c4C#N)ccc32)c1C#N. The minimum atomic E-state index is 0.344. The second-order valence-electron chi connectivity index (χ2n) is 11.0. The van der Waals surface area contributed by atoms with Gasteiger partial charge in [-0.1, -0.05) is 60.7 Å². The Morgan fingerprint density at radius 3 is 1.20 bits per heavy atom. The molecule has 0 aliphatic rings. The molecule has 8 aromatic rings. The molecule has 6 heteroatoms. The van der Waals surface area contributed by atoms with Crippen molar-refractivity contribution in [2.24, 2.45) is 0 Å². The summed E-state index contributed by atoms with van der Waals surface area (Å²) >= 11 is 0. The molecule has 0 unspecified atom stereocenters. The number of nitrogens with zero attached hydrogens (tertiary/aromatic N) is 6. The van der Waals surface area contributed by atoms with Crippen molar-refractivity contribution in [3.8, 4) is 46.8 Å². The zero-order valence-electron chi connectivity index (χ0n) is 24.2. The molecular weight excluding hydrogens is 564 g/mol. The van der Waals surface area contributed by atoms with Gasteiger partial charge in [-0.25, -0.2) is 0 Å². The van der Waals surface area contributed by atoms with Gasteiger partial charge in [-0.2, -0.15) is 21.0 Å². The molecule has 8 rings (SSSR count). The number of hydrogen-bond donors (Lipinski definition) is 0. The lowest BCUT2D eigenvalue weighted by molar-refractivity contribution is 1.16. The Balaban J connectivity index is 1.36. The van der Waals surface area contributed by atoms with Gasteiger partial charge in [-0.05, 0) is 71.8 Å². The number of fused-ring (bicyclic) bond motifs is 6. The van der Waals surface area contributed by atoms with Gasteiger partial charge in [0.15, 0.2) is 0 Å². The number of para-hydroxylation sites is 2. The van der Waals surface area contributed by atoms with Crippen LogP contribution < -0.4 is 0 Å². The summed E-state index contributed by atoms with van der Waals surface area (Å²) in [6.45, 7) is 0. The molecule has 2 heterocycles. The first-order valence-corrected chi connectivity index (χ1v) is 14.6. The molecule has 6 nitrogen and oxygen atoms in total. The van der Waals surface area contributed by atoms with Gasteiger partial charge in [-0.15, -0.1) is 0 Å². The third-order valence-electron chi connectivity index (χ3n) is 8.71. The van der Waals surface area contributed by atoms with Crippen molar-refractivity contribution in [3.05, 3.63) is 144 Å². The molecule has 0 saturated heterocycles. The maximum Gasteiger partial charge on any atom is 0.103 e. The molecule has 0 aliphatic heterocycles. The van der Waals surface area contributed by atoms with E-state index >= 15 is 0 Å². The standard InChI is InChI=1S/C40H20N6/c41-21-27-7-5-13-37(33(27)23-43)45-35-11-3-1-9-29(35)31-19-25(15-17-39(31)45)26-16-18-40-32(20-26)30-10-2-4-12-36(30)46(40)38-14-6-8-28(22-42)34(38)24-44/h1-20H. The predicted molar refractivity (Wildman–Crippen MR) is 179 cm³/mol. The minimum Gasteiger partial charge on any atom is -0.308 e. The summed E-state index contributed by atoms with van der Waals surface area (Å²) in [5, 5.41) is 43.5. The van der Waals surface area contributed by atoms with Crippen molar-refractivity contribution >= 4 is 43.6 Å². The fourth-order valence-electron chi connectivity index (χ4n) is 6.70. The molecule has 0 fully saturated rings. The maximum absolute atomic E-state index is 10.0. The lowest BCUT2D eigenvalue weighted by atomic mass is 10.0. The van der Waals surface area contributed by atoms with Crippen LogP contribution in [-0.2, 0) is 0 Å². The van der Waals surface area contributed by atoms with Gasteiger partial charge in [-0.3, -0.25) is 0 Å². The van der Waals surface area contributed by atoms with Crippen LogP contribution in [-0.4, -0.2) is 9.13 Å². The average molecular weight is 585 g/mol. The monoisotopic (exact) mass is 584 g/mol. The van der Waals surface area contributed by atoms with E-state index in [-0.39, 0.29) is 0 Å². The van der Waals surface area contributed by atoms with Gasteiger partial charge in [0.05, 0.1) is 55.7 Å². The van der Waals surface area contributed by atoms with Gasteiger partial charge >= 0.3 is 0 Å². The summed E-state index contributed by atoms with van der Waals surface area (Å²) in [4.78, 5) is 0. The Bertz CT molecular complexity index is 2560. The fraction of sp³-hybridized carbons (Fsp3) is 0. The quantitative estimate of drug-likeness (QED) is 0.207. The largest absolute Gasteiger partial charge is 0.308 e. The van der Waals surface area contributed by atoms with Crippen LogP contribution in [0.1, 0.15) is 22.3 Å². The fourth-order valence-corrected chi connectivity index (χ4v) is 6.70. The normalized spacial score (nSPS) is 11.0.